The standard InChI is InChI=1S/C18H25NO2/c1-5-18(4,6-2)19-17(21)16-13-15(9-7-8-12-20)11-10-14(16)3/h10-11,13,20H,5-6,8,12H2,1-4H3,(H,19,21). The fourth-order valence-corrected chi connectivity index (χ4v) is 1.93. The molecular weight excluding hydrogens is 262 g/mol. The van der Waals surface area contributed by atoms with Crippen LogP contribution in [-0.2, 0) is 0 Å². The summed E-state index contributed by atoms with van der Waals surface area (Å²) in [6.07, 6.45) is 2.23. The Labute approximate surface area is 127 Å². The molecule has 0 spiro atoms. The normalized spacial score (nSPS) is 10.7. The Morgan fingerprint density at radius 2 is 2.00 bits per heavy atom. The molecule has 1 aromatic carbocycles. The van der Waals surface area contributed by atoms with Crippen LogP contribution in [0.15, 0.2) is 18.2 Å². The maximum atomic E-state index is 12.5. The summed E-state index contributed by atoms with van der Waals surface area (Å²) in [7, 11) is 0. The Hall–Kier alpha value is -1.79. The molecule has 1 rings (SSSR count). The predicted octanol–water partition coefficient (Wildman–Crippen LogP) is 3.04. The summed E-state index contributed by atoms with van der Waals surface area (Å²) in [6, 6.07) is 5.63. The Kier molecular flexibility index (Phi) is 6.45. The SMILES string of the molecule is CCC(C)(CC)NC(=O)c1cc(C#CCCO)ccc1C. The van der Waals surface area contributed by atoms with Gasteiger partial charge in [0.15, 0.2) is 0 Å². The molecule has 0 saturated carbocycles. The number of carbonyl (C=O) groups excluding carboxylic acids is 1. The molecule has 2 N–H and O–H groups in total. The topological polar surface area (TPSA) is 49.3 Å². The van der Waals surface area contributed by atoms with Gasteiger partial charge in [-0.15, -0.1) is 0 Å². The van der Waals surface area contributed by atoms with Gasteiger partial charge in [-0.25, -0.2) is 0 Å². The predicted molar refractivity (Wildman–Crippen MR) is 86.2 cm³/mol. The lowest BCUT2D eigenvalue weighted by atomic mass is 9.94. The van der Waals surface area contributed by atoms with Crippen molar-refractivity contribution in [3.8, 4) is 11.8 Å². The maximum Gasteiger partial charge on any atom is 0.252 e. The van der Waals surface area contributed by atoms with E-state index in [1.54, 1.807) is 0 Å². The number of nitrogens with one attached hydrogen (secondary N) is 1. The van der Waals surface area contributed by atoms with Gasteiger partial charge in [-0.2, -0.15) is 0 Å². The van der Waals surface area contributed by atoms with E-state index in [-0.39, 0.29) is 18.1 Å². The second-order valence-corrected chi connectivity index (χ2v) is 5.53. The Morgan fingerprint density at radius 1 is 1.33 bits per heavy atom. The van der Waals surface area contributed by atoms with E-state index in [4.69, 9.17) is 5.11 Å². The minimum absolute atomic E-state index is 0.0514. The Bertz CT molecular complexity index is 548. The smallest absolute Gasteiger partial charge is 0.252 e. The third kappa shape index (κ3) is 4.91. The molecule has 0 radical (unpaired) electrons. The molecule has 0 fully saturated rings. The van der Waals surface area contributed by atoms with Crippen molar-refractivity contribution in [2.24, 2.45) is 0 Å². The van der Waals surface area contributed by atoms with Crippen molar-refractivity contribution >= 4 is 5.91 Å². The fourth-order valence-electron chi connectivity index (χ4n) is 1.93. The molecule has 0 saturated heterocycles. The summed E-state index contributed by atoms with van der Waals surface area (Å²) in [5.41, 5.74) is 2.23. The minimum atomic E-state index is -0.178. The summed E-state index contributed by atoms with van der Waals surface area (Å²) >= 11 is 0. The number of hydrogen-bond donors (Lipinski definition) is 2. The average Bonchev–Trinajstić information content (AvgIpc) is 2.49. The summed E-state index contributed by atoms with van der Waals surface area (Å²) in [5, 5.41) is 11.9. The summed E-state index contributed by atoms with van der Waals surface area (Å²) in [6.45, 7) is 8.19. The lowest BCUT2D eigenvalue weighted by Crippen LogP contribution is -2.45. The van der Waals surface area contributed by atoms with Gasteiger partial charge in [-0.05, 0) is 44.4 Å². The molecule has 0 aliphatic rings. The van der Waals surface area contributed by atoms with E-state index in [1.807, 2.05) is 25.1 Å². The lowest BCUT2D eigenvalue weighted by molar-refractivity contribution is 0.0900. The molecule has 0 heterocycles. The molecule has 0 atom stereocenters. The zero-order valence-corrected chi connectivity index (χ0v) is 13.4. The number of rotatable bonds is 5. The number of aliphatic hydroxyl groups excluding tert-OH is 1. The van der Waals surface area contributed by atoms with Gasteiger partial charge < -0.3 is 10.4 Å². The third-order valence-corrected chi connectivity index (χ3v) is 3.93. The van der Waals surface area contributed by atoms with Crippen LogP contribution in [0, 0.1) is 18.8 Å². The van der Waals surface area contributed by atoms with Crippen LogP contribution in [0.5, 0.6) is 0 Å². The lowest BCUT2D eigenvalue weighted by Gasteiger charge is -2.28. The van der Waals surface area contributed by atoms with Gasteiger partial charge in [0.05, 0.1) is 6.61 Å². The highest BCUT2D eigenvalue weighted by molar-refractivity contribution is 5.96. The van der Waals surface area contributed by atoms with Crippen LogP contribution >= 0.6 is 0 Å². The second-order valence-electron chi connectivity index (χ2n) is 5.53. The van der Waals surface area contributed by atoms with Crippen molar-refractivity contribution in [2.45, 2.75) is 52.5 Å². The third-order valence-electron chi connectivity index (χ3n) is 3.93. The highest BCUT2D eigenvalue weighted by atomic mass is 16.2. The number of carbonyl (C=O) groups is 1. The molecule has 0 aromatic heterocycles. The molecule has 3 heteroatoms. The number of aliphatic hydroxyl groups is 1. The molecular formula is C18H25NO2. The van der Waals surface area contributed by atoms with Crippen molar-refractivity contribution in [1.82, 2.24) is 5.32 Å². The molecule has 0 aliphatic carbocycles. The molecule has 3 nitrogen and oxygen atoms in total. The van der Waals surface area contributed by atoms with Crippen LogP contribution < -0.4 is 5.32 Å². The van der Waals surface area contributed by atoms with Crippen LogP contribution in [0.1, 0.15) is 61.5 Å². The Morgan fingerprint density at radius 3 is 2.57 bits per heavy atom. The maximum absolute atomic E-state index is 12.5. The molecule has 21 heavy (non-hydrogen) atoms. The largest absolute Gasteiger partial charge is 0.395 e. The van der Waals surface area contributed by atoms with Gasteiger partial charge in [-0.1, -0.05) is 31.8 Å². The zero-order valence-electron chi connectivity index (χ0n) is 13.4. The summed E-state index contributed by atoms with van der Waals surface area (Å²) in [5.74, 6) is 5.79. The van der Waals surface area contributed by atoms with Gasteiger partial charge in [0.1, 0.15) is 0 Å². The van der Waals surface area contributed by atoms with E-state index < -0.39 is 0 Å². The van der Waals surface area contributed by atoms with Crippen molar-refractivity contribution in [3.05, 3.63) is 34.9 Å². The first-order chi connectivity index (χ1) is 9.95. The highest BCUT2D eigenvalue weighted by Gasteiger charge is 2.23. The minimum Gasteiger partial charge on any atom is -0.395 e. The first-order valence-electron chi connectivity index (χ1n) is 7.48. The fraction of sp³-hybridized carbons (Fsp3) is 0.500. The first kappa shape index (κ1) is 17.3. The van der Waals surface area contributed by atoms with Crippen LogP contribution in [0.2, 0.25) is 0 Å². The first-order valence-corrected chi connectivity index (χ1v) is 7.48. The van der Waals surface area contributed by atoms with Gasteiger partial charge in [-0.3, -0.25) is 4.79 Å². The highest BCUT2D eigenvalue weighted by Crippen LogP contribution is 2.17. The van der Waals surface area contributed by atoms with E-state index in [1.165, 1.54) is 0 Å². The Balaban J connectivity index is 2.99. The number of benzene rings is 1. The van der Waals surface area contributed by atoms with Gasteiger partial charge in [0, 0.05) is 23.1 Å². The van der Waals surface area contributed by atoms with Crippen molar-refractivity contribution < 1.29 is 9.90 Å². The van der Waals surface area contributed by atoms with E-state index in [0.717, 1.165) is 24.0 Å². The summed E-state index contributed by atoms with van der Waals surface area (Å²) < 4.78 is 0. The number of hydrogen-bond acceptors (Lipinski definition) is 2. The van der Waals surface area contributed by atoms with Crippen LogP contribution in [0.25, 0.3) is 0 Å². The van der Waals surface area contributed by atoms with Gasteiger partial charge in [0.25, 0.3) is 5.91 Å². The zero-order chi connectivity index (χ0) is 15.9. The van der Waals surface area contributed by atoms with Crippen molar-refractivity contribution in [2.75, 3.05) is 6.61 Å². The van der Waals surface area contributed by atoms with E-state index in [9.17, 15) is 4.79 Å². The van der Waals surface area contributed by atoms with Crippen LogP contribution in [0.3, 0.4) is 0 Å². The molecule has 114 valence electrons. The number of amides is 1. The molecule has 1 amide bonds. The van der Waals surface area contributed by atoms with Crippen molar-refractivity contribution in [3.63, 3.8) is 0 Å². The molecule has 0 bridgehead atoms. The number of aryl methyl sites for hydroxylation is 1. The van der Waals surface area contributed by atoms with Crippen LogP contribution in [0.4, 0.5) is 0 Å². The van der Waals surface area contributed by atoms with E-state index >= 15 is 0 Å². The summed E-state index contributed by atoms with van der Waals surface area (Å²) in [4.78, 5) is 12.5. The van der Waals surface area contributed by atoms with Gasteiger partial charge >= 0.3 is 0 Å². The average molecular weight is 287 g/mol. The van der Waals surface area contributed by atoms with Crippen LogP contribution in [-0.4, -0.2) is 23.2 Å². The molecule has 1 aromatic rings. The second kappa shape index (κ2) is 7.85. The van der Waals surface area contributed by atoms with E-state index in [2.05, 4.69) is 37.9 Å². The van der Waals surface area contributed by atoms with Crippen molar-refractivity contribution in [1.29, 1.82) is 0 Å². The molecule has 0 unspecified atom stereocenters. The van der Waals surface area contributed by atoms with E-state index in [0.29, 0.717) is 12.0 Å². The van der Waals surface area contributed by atoms with Gasteiger partial charge in [0.2, 0.25) is 0 Å². The quantitative estimate of drug-likeness (QED) is 0.818. The monoisotopic (exact) mass is 287 g/mol. The molecule has 0 aliphatic heterocycles.